The maximum Gasteiger partial charge on any atom is 0.0733 e. The first-order valence-corrected chi connectivity index (χ1v) is 6.34. The van der Waals surface area contributed by atoms with Gasteiger partial charge in [0.2, 0.25) is 0 Å². The standard InChI is InChI=1S/C9H16IN3/c1-2-3-4-5-6-13-9(7-10)8-11-12-13/h8H,2-7H2,1H3. The molecule has 0 amide bonds. The maximum absolute atomic E-state index is 4.05. The Morgan fingerprint density at radius 1 is 1.38 bits per heavy atom. The lowest BCUT2D eigenvalue weighted by Gasteiger charge is -2.02. The van der Waals surface area contributed by atoms with E-state index < -0.39 is 0 Å². The summed E-state index contributed by atoms with van der Waals surface area (Å²) in [7, 11) is 0. The number of alkyl halides is 1. The van der Waals surface area contributed by atoms with Gasteiger partial charge in [0.05, 0.1) is 11.9 Å². The number of unbranched alkanes of at least 4 members (excludes halogenated alkanes) is 3. The number of aromatic nitrogens is 3. The van der Waals surface area contributed by atoms with E-state index in [1.165, 1.54) is 31.4 Å². The molecule has 74 valence electrons. The molecule has 0 aliphatic carbocycles. The molecule has 0 aliphatic heterocycles. The smallest absolute Gasteiger partial charge is 0.0733 e. The molecule has 1 rings (SSSR count). The average Bonchev–Trinajstić information content (AvgIpc) is 2.60. The quantitative estimate of drug-likeness (QED) is 0.459. The summed E-state index contributed by atoms with van der Waals surface area (Å²) >= 11 is 2.34. The molecule has 1 heterocycles. The topological polar surface area (TPSA) is 30.7 Å². The molecule has 1 aromatic heterocycles. The zero-order valence-electron chi connectivity index (χ0n) is 8.04. The van der Waals surface area contributed by atoms with E-state index in [4.69, 9.17) is 0 Å². The van der Waals surface area contributed by atoms with E-state index in [2.05, 4.69) is 39.8 Å². The summed E-state index contributed by atoms with van der Waals surface area (Å²) in [5.41, 5.74) is 1.23. The monoisotopic (exact) mass is 293 g/mol. The van der Waals surface area contributed by atoms with Crippen molar-refractivity contribution in [3.8, 4) is 0 Å². The lowest BCUT2D eigenvalue weighted by molar-refractivity contribution is 0.518. The number of hydrogen-bond acceptors (Lipinski definition) is 2. The van der Waals surface area contributed by atoms with Crippen LogP contribution in [-0.2, 0) is 11.0 Å². The lowest BCUT2D eigenvalue weighted by atomic mass is 10.2. The molecule has 0 saturated carbocycles. The third-order valence-electron chi connectivity index (χ3n) is 2.06. The van der Waals surface area contributed by atoms with Crippen molar-refractivity contribution in [2.24, 2.45) is 0 Å². The highest BCUT2D eigenvalue weighted by Gasteiger charge is 2.00. The molecule has 0 aromatic carbocycles. The summed E-state index contributed by atoms with van der Waals surface area (Å²) < 4.78 is 3.01. The largest absolute Gasteiger partial charge is 0.249 e. The lowest BCUT2D eigenvalue weighted by Crippen LogP contribution is -2.03. The van der Waals surface area contributed by atoms with E-state index in [0.29, 0.717) is 0 Å². The van der Waals surface area contributed by atoms with Gasteiger partial charge in [-0.05, 0) is 6.42 Å². The Balaban J connectivity index is 2.27. The van der Waals surface area contributed by atoms with Crippen LogP contribution in [0.5, 0.6) is 0 Å². The Hall–Kier alpha value is -0.130. The number of rotatable bonds is 6. The highest BCUT2D eigenvalue weighted by molar-refractivity contribution is 14.1. The van der Waals surface area contributed by atoms with E-state index in [1.807, 2.05) is 10.9 Å². The molecule has 3 nitrogen and oxygen atoms in total. The molecular formula is C9H16IN3. The third-order valence-corrected chi connectivity index (χ3v) is 2.84. The van der Waals surface area contributed by atoms with Crippen LogP contribution in [0.4, 0.5) is 0 Å². The third kappa shape index (κ3) is 3.62. The van der Waals surface area contributed by atoms with Gasteiger partial charge in [-0.3, -0.25) is 0 Å². The zero-order chi connectivity index (χ0) is 9.52. The molecule has 0 bridgehead atoms. The molecule has 0 N–H and O–H groups in total. The molecule has 0 saturated heterocycles. The molecule has 0 radical (unpaired) electrons. The first-order chi connectivity index (χ1) is 6.38. The molecule has 0 aliphatic rings. The van der Waals surface area contributed by atoms with Crippen LogP contribution in [0.3, 0.4) is 0 Å². The van der Waals surface area contributed by atoms with Crippen LogP contribution in [0.2, 0.25) is 0 Å². The molecule has 0 fully saturated rings. The van der Waals surface area contributed by atoms with Crippen LogP contribution in [0.15, 0.2) is 6.20 Å². The van der Waals surface area contributed by atoms with E-state index in [9.17, 15) is 0 Å². The Kier molecular flexibility index (Phi) is 5.34. The fraction of sp³-hybridized carbons (Fsp3) is 0.778. The minimum Gasteiger partial charge on any atom is -0.249 e. The van der Waals surface area contributed by atoms with Crippen LogP contribution >= 0.6 is 22.6 Å². The summed E-state index contributed by atoms with van der Waals surface area (Å²) in [6.07, 6.45) is 6.99. The first kappa shape index (κ1) is 10.9. The van der Waals surface area contributed by atoms with Gasteiger partial charge >= 0.3 is 0 Å². The normalized spacial score (nSPS) is 10.6. The predicted octanol–water partition coefficient (Wildman–Crippen LogP) is 2.79. The predicted molar refractivity (Wildman–Crippen MR) is 61.9 cm³/mol. The fourth-order valence-electron chi connectivity index (χ4n) is 1.26. The summed E-state index contributed by atoms with van der Waals surface area (Å²) in [4.78, 5) is 0. The minimum absolute atomic E-state index is 0.999. The Labute approximate surface area is 93.0 Å². The number of nitrogens with zero attached hydrogens (tertiary/aromatic N) is 3. The average molecular weight is 293 g/mol. The van der Waals surface area contributed by atoms with Gasteiger partial charge in [0.25, 0.3) is 0 Å². The van der Waals surface area contributed by atoms with Crippen LogP contribution in [-0.4, -0.2) is 15.0 Å². The number of hydrogen-bond donors (Lipinski definition) is 0. The van der Waals surface area contributed by atoms with Crippen molar-refractivity contribution >= 4 is 22.6 Å². The van der Waals surface area contributed by atoms with Gasteiger partial charge in [-0.25, -0.2) is 4.68 Å². The molecule has 1 aromatic rings. The number of aryl methyl sites for hydroxylation is 1. The molecule has 0 spiro atoms. The molecule has 0 unspecified atom stereocenters. The van der Waals surface area contributed by atoms with Crippen molar-refractivity contribution in [3.63, 3.8) is 0 Å². The molecular weight excluding hydrogens is 277 g/mol. The van der Waals surface area contributed by atoms with Crippen molar-refractivity contribution in [2.75, 3.05) is 0 Å². The van der Waals surface area contributed by atoms with Gasteiger partial charge in [-0.1, -0.05) is 54.0 Å². The van der Waals surface area contributed by atoms with Crippen molar-refractivity contribution < 1.29 is 0 Å². The van der Waals surface area contributed by atoms with Gasteiger partial charge in [-0.2, -0.15) is 0 Å². The number of halogens is 1. The Bertz CT molecular complexity index is 235. The highest BCUT2D eigenvalue weighted by Crippen LogP contribution is 2.06. The highest BCUT2D eigenvalue weighted by atomic mass is 127. The Morgan fingerprint density at radius 2 is 2.23 bits per heavy atom. The summed E-state index contributed by atoms with van der Waals surface area (Å²) in [6, 6.07) is 0. The van der Waals surface area contributed by atoms with Crippen LogP contribution in [0, 0.1) is 0 Å². The SMILES string of the molecule is CCCCCCn1nncc1CI. The van der Waals surface area contributed by atoms with Crippen LogP contribution in [0.25, 0.3) is 0 Å². The van der Waals surface area contributed by atoms with E-state index >= 15 is 0 Å². The van der Waals surface area contributed by atoms with E-state index in [1.54, 1.807) is 0 Å². The van der Waals surface area contributed by atoms with Crippen molar-refractivity contribution in [1.29, 1.82) is 0 Å². The van der Waals surface area contributed by atoms with Gasteiger partial charge < -0.3 is 0 Å². The maximum atomic E-state index is 4.05. The van der Waals surface area contributed by atoms with Gasteiger partial charge in [0.15, 0.2) is 0 Å². The Morgan fingerprint density at radius 3 is 2.92 bits per heavy atom. The molecule has 0 atom stereocenters. The zero-order valence-corrected chi connectivity index (χ0v) is 10.2. The molecule has 4 heteroatoms. The van der Waals surface area contributed by atoms with Crippen molar-refractivity contribution in [1.82, 2.24) is 15.0 Å². The first-order valence-electron chi connectivity index (χ1n) is 4.81. The van der Waals surface area contributed by atoms with Gasteiger partial charge in [0, 0.05) is 11.0 Å². The second-order valence-electron chi connectivity index (χ2n) is 3.14. The van der Waals surface area contributed by atoms with Gasteiger partial charge in [-0.15, -0.1) is 5.10 Å². The second-order valence-corrected chi connectivity index (χ2v) is 3.91. The van der Waals surface area contributed by atoms with Crippen LogP contribution < -0.4 is 0 Å². The minimum atomic E-state index is 0.999. The summed E-state index contributed by atoms with van der Waals surface area (Å²) in [5, 5.41) is 7.95. The van der Waals surface area contributed by atoms with Gasteiger partial charge in [0.1, 0.15) is 0 Å². The molecule has 13 heavy (non-hydrogen) atoms. The second kappa shape index (κ2) is 6.34. The van der Waals surface area contributed by atoms with Crippen molar-refractivity contribution in [3.05, 3.63) is 11.9 Å². The van der Waals surface area contributed by atoms with E-state index in [-0.39, 0.29) is 0 Å². The van der Waals surface area contributed by atoms with Crippen molar-refractivity contribution in [2.45, 2.75) is 43.6 Å². The summed E-state index contributed by atoms with van der Waals surface area (Å²) in [6.45, 7) is 3.25. The summed E-state index contributed by atoms with van der Waals surface area (Å²) in [5.74, 6) is 0. The van der Waals surface area contributed by atoms with E-state index in [0.717, 1.165) is 11.0 Å². The fourth-order valence-corrected chi connectivity index (χ4v) is 1.85. The van der Waals surface area contributed by atoms with Crippen LogP contribution in [0.1, 0.15) is 38.3 Å².